The maximum absolute atomic E-state index is 5.81. The van der Waals surface area contributed by atoms with Crippen molar-refractivity contribution < 1.29 is 9.47 Å². The summed E-state index contributed by atoms with van der Waals surface area (Å²) >= 11 is 0. The highest BCUT2D eigenvalue weighted by atomic mass is 16.5. The molecule has 0 atom stereocenters. The van der Waals surface area contributed by atoms with Crippen molar-refractivity contribution in [2.75, 3.05) is 13.7 Å². The van der Waals surface area contributed by atoms with Crippen LogP contribution in [0.4, 0.5) is 0 Å². The van der Waals surface area contributed by atoms with Crippen LogP contribution in [0, 0.1) is 11.8 Å². The summed E-state index contributed by atoms with van der Waals surface area (Å²) in [5.74, 6) is 8.35. The first-order valence-electron chi connectivity index (χ1n) is 10.7. The number of ether oxygens (including phenoxy) is 2. The number of fused-ring (bicyclic) bond motifs is 1. The standard InChI is InChI=1S/C29H26O2/c1-3-4-19-31-29-18-15-26-20-23(9-12-27(26)21-29)6-5-22-7-10-24(11-8-22)25-13-16-28(30-2)17-14-25/h7-18,20-21H,3-4,19H2,1-2H3. The Morgan fingerprint density at radius 1 is 0.645 bits per heavy atom. The molecular formula is C29H26O2. The van der Waals surface area contributed by atoms with E-state index >= 15 is 0 Å². The van der Waals surface area contributed by atoms with Crippen molar-refractivity contribution in [3.63, 3.8) is 0 Å². The molecule has 0 fully saturated rings. The van der Waals surface area contributed by atoms with Crippen molar-refractivity contribution in [3.8, 4) is 34.5 Å². The molecule has 0 saturated heterocycles. The summed E-state index contributed by atoms with van der Waals surface area (Å²) in [4.78, 5) is 0. The quantitative estimate of drug-likeness (QED) is 0.251. The first-order chi connectivity index (χ1) is 15.2. The Kier molecular flexibility index (Phi) is 6.55. The maximum Gasteiger partial charge on any atom is 0.119 e. The Morgan fingerprint density at radius 2 is 1.23 bits per heavy atom. The molecule has 154 valence electrons. The summed E-state index contributed by atoms with van der Waals surface area (Å²) in [6.07, 6.45) is 2.22. The van der Waals surface area contributed by atoms with Crippen LogP contribution in [-0.4, -0.2) is 13.7 Å². The highest BCUT2D eigenvalue weighted by molar-refractivity contribution is 5.85. The summed E-state index contributed by atoms with van der Waals surface area (Å²) in [6, 6.07) is 29.0. The molecule has 0 amide bonds. The monoisotopic (exact) mass is 406 g/mol. The van der Waals surface area contributed by atoms with E-state index < -0.39 is 0 Å². The number of rotatable bonds is 6. The van der Waals surface area contributed by atoms with Crippen LogP contribution in [0.15, 0.2) is 84.9 Å². The second-order valence-electron chi connectivity index (χ2n) is 7.48. The molecule has 0 spiro atoms. The third-order valence-corrected chi connectivity index (χ3v) is 5.24. The normalized spacial score (nSPS) is 10.4. The molecule has 4 aromatic rings. The minimum absolute atomic E-state index is 0.767. The van der Waals surface area contributed by atoms with Crippen LogP contribution in [0.2, 0.25) is 0 Å². The lowest BCUT2D eigenvalue weighted by atomic mass is 10.0. The molecular weight excluding hydrogens is 380 g/mol. The molecule has 0 heterocycles. The molecule has 0 aliphatic carbocycles. The summed E-state index contributed by atoms with van der Waals surface area (Å²) < 4.78 is 11.0. The summed E-state index contributed by atoms with van der Waals surface area (Å²) in [5.41, 5.74) is 4.33. The van der Waals surface area contributed by atoms with Crippen molar-refractivity contribution in [1.29, 1.82) is 0 Å². The average Bonchev–Trinajstić information content (AvgIpc) is 2.83. The zero-order chi connectivity index (χ0) is 21.5. The molecule has 2 heteroatoms. The molecule has 0 aliphatic heterocycles. The molecule has 0 bridgehead atoms. The predicted octanol–water partition coefficient (Wildman–Crippen LogP) is 7.09. The fourth-order valence-corrected chi connectivity index (χ4v) is 3.40. The lowest BCUT2D eigenvalue weighted by Crippen LogP contribution is -1.96. The van der Waals surface area contributed by atoms with Crippen molar-refractivity contribution in [1.82, 2.24) is 0 Å². The van der Waals surface area contributed by atoms with E-state index in [0.29, 0.717) is 0 Å². The van der Waals surface area contributed by atoms with Crippen LogP contribution in [0.3, 0.4) is 0 Å². The van der Waals surface area contributed by atoms with Crippen LogP contribution in [-0.2, 0) is 0 Å². The third kappa shape index (κ3) is 5.27. The van der Waals surface area contributed by atoms with Gasteiger partial charge in [-0.2, -0.15) is 0 Å². The van der Waals surface area contributed by atoms with E-state index in [-0.39, 0.29) is 0 Å². The molecule has 0 aliphatic rings. The second-order valence-corrected chi connectivity index (χ2v) is 7.48. The Hall–Kier alpha value is -3.70. The van der Waals surface area contributed by atoms with Gasteiger partial charge in [-0.15, -0.1) is 0 Å². The summed E-state index contributed by atoms with van der Waals surface area (Å²) in [6.45, 7) is 2.93. The van der Waals surface area contributed by atoms with E-state index in [2.05, 4.69) is 85.5 Å². The van der Waals surface area contributed by atoms with Gasteiger partial charge in [0.15, 0.2) is 0 Å². The van der Waals surface area contributed by atoms with Crippen LogP contribution < -0.4 is 9.47 Å². The molecule has 4 rings (SSSR count). The Labute approximate surface area is 184 Å². The molecule has 31 heavy (non-hydrogen) atoms. The Morgan fingerprint density at radius 3 is 1.94 bits per heavy atom. The number of hydrogen-bond acceptors (Lipinski definition) is 2. The highest BCUT2D eigenvalue weighted by Crippen LogP contribution is 2.24. The van der Waals surface area contributed by atoms with Crippen molar-refractivity contribution >= 4 is 10.8 Å². The molecule has 0 radical (unpaired) electrons. The Bertz CT molecular complexity index is 1210. The van der Waals surface area contributed by atoms with E-state index in [1.165, 1.54) is 10.8 Å². The molecule has 4 aromatic carbocycles. The molecule has 2 nitrogen and oxygen atoms in total. The second kappa shape index (κ2) is 9.87. The van der Waals surface area contributed by atoms with Gasteiger partial charge in [0.2, 0.25) is 0 Å². The van der Waals surface area contributed by atoms with Crippen LogP contribution >= 0.6 is 0 Å². The topological polar surface area (TPSA) is 18.5 Å². The number of methoxy groups -OCH3 is 1. The minimum atomic E-state index is 0.767. The van der Waals surface area contributed by atoms with Crippen LogP contribution in [0.5, 0.6) is 11.5 Å². The van der Waals surface area contributed by atoms with Crippen molar-refractivity contribution in [3.05, 3.63) is 96.1 Å². The van der Waals surface area contributed by atoms with Gasteiger partial charge in [0.25, 0.3) is 0 Å². The summed E-state index contributed by atoms with van der Waals surface area (Å²) in [7, 11) is 1.68. The van der Waals surface area contributed by atoms with Crippen molar-refractivity contribution in [2.24, 2.45) is 0 Å². The van der Waals surface area contributed by atoms with Gasteiger partial charge in [-0.25, -0.2) is 0 Å². The Balaban J connectivity index is 1.47. The van der Waals surface area contributed by atoms with Gasteiger partial charge >= 0.3 is 0 Å². The van der Waals surface area contributed by atoms with Crippen LogP contribution in [0.1, 0.15) is 30.9 Å². The lowest BCUT2D eigenvalue weighted by molar-refractivity contribution is 0.310. The van der Waals surface area contributed by atoms with Gasteiger partial charge in [0.05, 0.1) is 13.7 Å². The van der Waals surface area contributed by atoms with Gasteiger partial charge in [-0.3, -0.25) is 0 Å². The van der Waals surface area contributed by atoms with Gasteiger partial charge in [0, 0.05) is 11.1 Å². The van der Waals surface area contributed by atoms with E-state index in [1.807, 2.05) is 18.2 Å². The minimum Gasteiger partial charge on any atom is -0.497 e. The maximum atomic E-state index is 5.81. The first kappa shape index (κ1) is 20.6. The molecule has 0 saturated carbocycles. The van der Waals surface area contributed by atoms with E-state index in [1.54, 1.807) is 7.11 Å². The smallest absolute Gasteiger partial charge is 0.119 e. The fraction of sp³-hybridized carbons (Fsp3) is 0.172. The fourth-order valence-electron chi connectivity index (χ4n) is 3.40. The van der Waals surface area contributed by atoms with Gasteiger partial charge in [-0.05, 0) is 76.9 Å². The average molecular weight is 407 g/mol. The predicted molar refractivity (Wildman–Crippen MR) is 129 cm³/mol. The molecule has 0 N–H and O–H groups in total. The number of benzene rings is 4. The first-order valence-corrected chi connectivity index (χ1v) is 10.7. The van der Waals surface area contributed by atoms with E-state index in [4.69, 9.17) is 9.47 Å². The summed E-state index contributed by atoms with van der Waals surface area (Å²) in [5, 5.41) is 2.34. The molecule has 0 aromatic heterocycles. The largest absolute Gasteiger partial charge is 0.497 e. The highest BCUT2D eigenvalue weighted by Gasteiger charge is 2.00. The number of hydrogen-bond donors (Lipinski definition) is 0. The van der Waals surface area contributed by atoms with Gasteiger partial charge in [0.1, 0.15) is 11.5 Å². The SMILES string of the molecule is CCCCOc1ccc2cc(C#Cc3ccc(-c4ccc(OC)cc4)cc3)ccc2c1. The third-order valence-electron chi connectivity index (χ3n) is 5.24. The van der Waals surface area contributed by atoms with E-state index in [9.17, 15) is 0 Å². The number of unbranched alkanes of at least 4 members (excludes halogenated alkanes) is 1. The van der Waals surface area contributed by atoms with Gasteiger partial charge in [-0.1, -0.05) is 61.6 Å². The lowest BCUT2D eigenvalue weighted by Gasteiger charge is -2.06. The van der Waals surface area contributed by atoms with Crippen LogP contribution in [0.25, 0.3) is 21.9 Å². The van der Waals surface area contributed by atoms with Gasteiger partial charge < -0.3 is 9.47 Å². The molecule has 0 unspecified atom stereocenters. The zero-order valence-electron chi connectivity index (χ0n) is 18.0. The zero-order valence-corrected chi connectivity index (χ0v) is 18.0. The van der Waals surface area contributed by atoms with Crippen molar-refractivity contribution in [2.45, 2.75) is 19.8 Å². The van der Waals surface area contributed by atoms with E-state index in [0.717, 1.165) is 53.2 Å².